The maximum Gasteiger partial charge on any atom is 0.254 e. The smallest absolute Gasteiger partial charge is 0.254 e. The standard InChI is InChI=1S/C18H23NO4/c1-23-18(9-2-10-18)17(22)19-11-7-14(8-12-19)16(21)13-3-5-15(20)6-4-13/h3-6,14,20H,2,7-12H2,1H3. The van der Waals surface area contributed by atoms with E-state index in [1.807, 2.05) is 4.90 Å². The van der Waals surface area contributed by atoms with E-state index < -0.39 is 5.60 Å². The van der Waals surface area contributed by atoms with Gasteiger partial charge in [0.2, 0.25) is 0 Å². The summed E-state index contributed by atoms with van der Waals surface area (Å²) >= 11 is 0. The zero-order valence-electron chi connectivity index (χ0n) is 13.5. The number of piperidine rings is 1. The average Bonchev–Trinajstić information content (AvgIpc) is 2.54. The van der Waals surface area contributed by atoms with Crippen LogP contribution in [0.4, 0.5) is 0 Å². The second kappa shape index (κ2) is 6.32. The fourth-order valence-corrected chi connectivity index (χ4v) is 3.50. The number of methoxy groups -OCH3 is 1. The van der Waals surface area contributed by atoms with E-state index >= 15 is 0 Å². The molecule has 1 aromatic carbocycles. The van der Waals surface area contributed by atoms with Crippen LogP contribution in [0.1, 0.15) is 42.5 Å². The minimum Gasteiger partial charge on any atom is -0.508 e. The maximum atomic E-state index is 12.6. The molecular formula is C18H23NO4. The molecule has 0 bridgehead atoms. The number of hydrogen-bond donors (Lipinski definition) is 1. The number of rotatable bonds is 4. The Morgan fingerprint density at radius 2 is 1.78 bits per heavy atom. The highest BCUT2D eigenvalue weighted by Crippen LogP contribution is 2.37. The molecule has 1 N–H and O–H groups in total. The first-order chi connectivity index (χ1) is 11.1. The van der Waals surface area contributed by atoms with Gasteiger partial charge in [0, 0.05) is 31.7 Å². The number of ketones is 1. The van der Waals surface area contributed by atoms with E-state index in [1.165, 1.54) is 12.1 Å². The van der Waals surface area contributed by atoms with Crippen LogP contribution in [0, 0.1) is 5.92 Å². The van der Waals surface area contributed by atoms with E-state index in [1.54, 1.807) is 19.2 Å². The zero-order valence-corrected chi connectivity index (χ0v) is 13.5. The van der Waals surface area contributed by atoms with Crippen molar-refractivity contribution in [3.8, 4) is 5.75 Å². The molecule has 1 aliphatic carbocycles. The Morgan fingerprint density at radius 3 is 2.26 bits per heavy atom. The van der Waals surface area contributed by atoms with Gasteiger partial charge in [0.05, 0.1) is 0 Å². The van der Waals surface area contributed by atoms with Gasteiger partial charge in [0.15, 0.2) is 5.78 Å². The number of amides is 1. The molecule has 124 valence electrons. The maximum absolute atomic E-state index is 12.6. The lowest BCUT2D eigenvalue weighted by Crippen LogP contribution is -2.56. The summed E-state index contributed by atoms with van der Waals surface area (Å²) in [5, 5.41) is 9.31. The number of nitrogens with zero attached hydrogens (tertiary/aromatic N) is 1. The topological polar surface area (TPSA) is 66.8 Å². The van der Waals surface area contributed by atoms with Gasteiger partial charge in [0.25, 0.3) is 5.91 Å². The molecule has 0 atom stereocenters. The van der Waals surface area contributed by atoms with Crippen LogP contribution in [-0.2, 0) is 9.53 Å². The number of likely N-dealkylation sites (tertiary alicyclic amines) is 1. The Morgan fingerprint density at radius 1 is 1.17 bits per heavy atom. The highest BCUT2D eigenvalue weighted by Gasteiger charge is 2.47. The number of carbonyl (C=O) groups is 2. The number of ether oxygens (including phenoxy) is 1. The van der Waals surface area contributed by atoms with Gasteiger partial charge in [-0.15, -0.1) is 0 Å². The van der Waals surface area contributed by atoms with Crippen LogP contribution in [0.3, 0.4) is 0 Å². The molecule has 0 spiro atoms. The Labute approximate surface area is 136 Å². The first-order valence-corrected chi connectivity index (χ1v) is 8.23. The Balaban J connectivity index is 1.59. The molecule has 2 aliphatic rings. The SMILES string of the molecule is COC1(C(=O)N2CCC(C(=O)c3ccc(O)cc3)CC2)CCC1. The van der Waals surface area contributed by atoms with Gasteiger partial charge in [-0.05, 0) is 56.4 Å². The van der Waals surface area contributed by atoms with Crippen molar-refractivity contribution in [2.45, 2.75) is 37.7 Å². The largest absolute Gasteiger partial charge is 0.508 e. The van der Waals surface area contributed by atoms with E-state index in [2.05, 4.69) is 0 Å². The third kappa shape index (κ3) is 2.98. The van der Waals surface area contributed by atoms with Crippen molar-refractivity contribution in [3.05, 3.63) is 29.8 Å². The van der Waals surface area contributed by atoms with Gasteiger partial charge < -0.3 is 14.7 Å². The fraction of sp³-hybridized carbons (Fsp3) is 0.556. The summed E-state index contributed by atoms with van der Waals surface area (Å²) in [4.78, 5) is 27.0. The van der Waals surface area contributed by atoms with Crippen molar-refractivity contribution < 1.29 is 19.4 Å². The molecule has 1 heterocycles. The van der Waals surface area contributed by atoms with Gasteiger partial charge in [0.1, 0.15) is 11.4 Å². The minimum atomic E-state index is -0.603. The molecule has 3 rings (SSSR count). The van der Waals surface area contributed by atoms with Crippen molar-refractivity contribution in [2.24, 2.45) is 5.92 Å². The molecule has 5 heteroatoms. The predicted octanol–water partition coefficient (Wildman–Crippen LogP) is 2.38. The summed E-state index contributed by atoms with van der Waals surface area (Å²) in [7, 11) is 1.61. The van der Waals surface area contributed by atoms with Crippen LogP contribution in [0.25, 0.3) is 0 Å². The van der Waals surface area contributed by atoms with E-state index in [4.69, 9.17) is 4.74 Å². The van der Waals surface area contributed by atoms with Gasteiger partial charge in [-0.1, -0.05) is 0 Å². The van der Waals surface area contributed by atoms with Crippen molar-refractivity contribution in [2.75, 3.05) is 20.2 Å². The summed E-state index contributed by atoms with van der Waals surface area (Å²) < 4.78 is 5.46. The van der Waals surface area contributed by atoms with Gasteiger partial charge >= 0.3 is 0 Å². The van der Waals surface area contributed by atoms with Crippen LogP contribution >= 0.6 is 0 Å². The van der Waals surface area contributed by atoms with Crippen LogP contribution in [0.15, 0.2) is 24.3 Å². The van der Waals surface area contributed by atoms with E-state index in [-0.39, 0.29) is 23.4 Å². The lowest BCUT2D eigenvalue weighted by atomic mass is 9.78. The second-order valence-corrected chi connectivity index (χ2v) is 6.53. The number of phenols is 1. The van der Waals surface area contributed by atoms with Gasteiger partial charge in [-0.25, -0.2) is 0 Å². The van der Waals surface area contributed by atoms with E-state index in [9.17, 15) is 14.7 Å². The molecule has 1 aliphatic heterocycles. The van der Waals surface area contributed by atoms with Crippen LogP contribution in [-0.4, -0.2) is 47.5 Å². The third-order valence-electron chi connectivity index (χ3n) is 5.25. The van der Waals surface area contributed by atoms with Gasteiger partial charge in [-0.2, -0.15) is 0 Å². The molecule has 0 aromatic heterocycles. The Kier molecular flexibility index (Phi) is 4.39. The third-order valence-corrected chi connectivity index (χ3v) is 5.25. The van der Waals surface area contributed by atoms with Crippen LogP contribution in [0.2, 0.25) is 0 Å². The van der Waals surface area contributed by atoms with Crippen molar-refractivity contribution >= 4 is 11.7 Å². The van der Waals surface area contributed by atoms with Crippen molar-refractivity contribution in [1.29, 1.82) is 0 Å². The highest BCUT2D eigenvalue weighted by atomic mass is 16.5. The molecule has 5 nitrogen and oxygen atoms in total. The Bertz CT molecular complexity index is 578. The lowest BCUT2D eigenvalue weighted by Gasteiger charge is -2.43. The summed E-state index contributed by atoms with van der Waals surface area (Å²) in [6.45, 7) is 1.22. The van der Waals surface area contributed by atoms with Crippen molar-refractivity contribution in [1.82, 2.24) is 4.90 Å². The molecule has 0 radical (unpaired) electrons. The minimum absolute atomic E-state index is 0.0523. The summed E-state index contributed by atoms with van der Waals surface area (Å²) in [6, 6.07) is 6.38. The quantitative estimate of drug-likeness (QED) is 0.866. The molecule has 1 saturated heterocycles. The normalized spacial score (nSPS) is 20.8. The highest BCUT2D eigenvalue weighted by molar-refractivity contribution is 5.98. The molecule has 1 aromatic rings. The van der Waals surface area contributed by atoms with E-state index in [0.29, 0.717) is 31.5 Å². The molecule has 23 heavy (non-hydrogen) atoms. The van der Waals surface area contributed by atoms with Crippen LogP contribution in [0.5, 0.6) is 5.75 Å². The monoisotopic (exact) mass is 317 g/mol. The van der Waals surface area contributed by atoms with E-state index in [0.717, 1.165) is 19.3 Å². The average molecular weight is 317 g/mol. The lowest BCUT2D eigenvalue weighted by molar-refractivity contribution is -0.167. The molecule has 0 unspecified atom stereocenters. The van der Waals surface area contributed by atoms with Crippen LogP contribution < -0.4 is 0 Å². The summed E-state index contributed by atoms with van der Waals surface area (Å²) in [5.41, 5.74) is 0.0216. The number of Topliss-reactive ketones (excluding diaryl/α,β-unsaturated/α-hetero) is 1. The summed E-state index contributed by atoms with van der Waals surface area (Å²) in [5.74, 6) is 0.291. The number of aromatic hydroxyl groups is 1. The first kappa shape index (κ1) is 16.0. The number of phenolic OH excluding ortho intramolecular Hbond substituents is 1. The van der Waals surface area contributed by atoms with Crippen molar-refractivity contribution in [3.63, 3.8) is 0 Å². The number of hydrogen-bond acceptors (Lipinski definition) is 4. The summed E-state index contributed by atoms with van der Waals surface area (Å²) in [6.07, 6.45) is 4.01. The Hall–Kier alpha value is -1.88. The predicted molar refractivity (Wildman–Crippen MR) is 85.3 cm³/mol. The number of carbonyl (C=O) groups excluding carboxylic acids is 2. The molecule has 1 saturated carbocycles. The molecule has 1 amide bonds. The number of benzene rings is 1. The molecule has 2 fully saturated rings. The molecular weight excluding hydrogens is 294 g/mol. The first-order valence-electron chi connectivity index (χ1n) is 8.23. The zero-order chi connectivity index (χ0) is 16.4. The fourth-order valence-electron chi connectivity index (χ4n) is 3.50. The second-order valence-electron chi connectivity index (χ2n) is 6.53. The van der Waals surface area contributed by atoms with Gasteiger partial charge in [-0.3, -0.25) is 9.59 Å².